The standard InChI is InChI=1S/C23H18FNO5/c1-29-22-13-11-16(14-17(22)15-30-23-9-5-3-7-19(23)24)10-12-21(26)18-6-2-4-8-20(18)25(27)28/h2-14H,15H2,1H3/b12-10+. The molecule has 0 fully saturated rings. The van der Waals surface area contributed by atoms with Gasteiger partial charge in [0.25, 0.3) is 5.69 Å². The van der Waals surface area contributed by atoms with E-state index in [0.717, 1.165) is 0 Å². The van der Waals surface area contributed by atoms with Crippen molar-refractivity contribution >= 4 is 17.5 Å². The molecule has 0 aliphatic carbocycles. The number of allylic oxidation sites excluding steroid dienone is 1. The Bertz CT molecular complexity index is 1110. The molecule has 0 saturated carbocycles. The third kappa shape index (κ3) is 4.88. The number of nitrogens with zero attached hydrogens (tertiary/aromatic N) is 1. The highest BCUT2D eigenvalue weighted by Crippen LogP contribution is 2.25. The number of ether oxygens (including phenoxy) is 2. The number of carbonyl (C=O) groups is 1. The summed E-state index contributed by atoms with van der Waals surface area (Å²) in [6.07, 6.45) is 2.82. The number of halogens is 1. The summed E-state index contributed by atoms with van der Waals surface area (Å²) < 4.78 is 24.6. The van der Waals surface area contributed by atoms with Crippen molar-refractivity contribution in [1.82, 2.24) is 0 Å². The molecule has 0 spiro atoms. The summed E-state index contributed by atoms with van der Waals surface area (Å²) in [7, 11) is 1.51. The molecular formula is C23H18FNO5. The van der Waals surface area contributed by atoms with Crippen molar-refractivity contribution in [2.75, 3.05) is 7.11 Å². The Labute approximate surface area is 172 Å². The Balaban J connectivity index is 1.80. The molecular weight excluding hydrogens is 389 g/mol. The van der Waals surface area contributed by atoms with Crippen molar-refractivity contribution in [2.45, 2.75) is 6.61 Å². The van der Waals surface area contributed by atoms with Gasteiger partial charge in [0.2, 0.25) is 0 Å². The SMILES string of the molecule is COc1ccc(/C=C/C(=O)c2ccccc2[N+](=O)[O-])cc1COc1ccccc1F. The van der Waals surface area contributed by atoms with E-state index in [2.05, 4.69) is 0 Å². The molecule has 0 saturated heterocycles. The quantitative estimate of drug-likeness (QED) is 0.221. The number of para-hydroxylation sites is 2. The topological polar surface area (TPSA) is 78.7 Å². The Morgan fingerprint density at radius 2 is 1.80 bits per heavy atom. The highest BCUT2D eigenvalue weighted by atomic mass is 19.1. The minimum atomic E-state index is -0.591. The van der Waals surface area contributed by atoms with Gasteiger partial charge in [-0.05, 0) is 42.0 Å². The zero-order valence-electron chi connectivity index (χ0n) is 16.1. The van der Waals surface area contributed by atoms with Gasteiger partial charge in [-0.1, -0.05) is 36.4 Å². The first-order valence-electron chi connectivity index (χ1n) is 8.99. The summed E-state index contributed by atoms with van der Waals surface area (Å²) in [4.78, 5) is 22.9. The molecule has 3 rings (SSSR count). The summed E-state index contributed by atoms with van der Waals surface area (Å²) in [5.74, 6) is -0.287. The number of hydrogen-bond acceptors (Lipinski definition) is 5. The van der Waals surface area contributed by atoms with Gasteiger partial charge in [0, 0.05) is 11.6 Å². The van der Waals surface area contributed by atoms with Crippen LogP contribution in [-0.2, 0) is 6.61 Å². The van der Waals surface area contributed by atoms with E-state index in [9.17, 15) is 19.3 Å². The first-order chi connectivity index (χ1) is 14.5. The van der Waals surface area contributed by atoms with Crippen LogP contribution in [0.3, 0.4) is 0 Å². The molecule has 3 aromatic rings. The minimum Gasteiger partial charge on any atom is -0.496 e. The van der Waals surface area contributed by atoms with E-state index in [0.29, 0.717) is 16.9 Å². The molecule has 0 amide bonds. The molecule has 3 aromatic carbocycles. The van der Waals surface area contributed by atoms with Crippen LogP contribution in [0.4, 0.5) is 10.1 Å². The fourth-order valence-corrected chi connectivity index (χ4v) is 2.84. The maximum absolute atomic E-state index is 13.8. The van der Waals surface area contributed by atoms with E-state index >= 15 is 0 Å². The van der Waals surface area contributed by atoms with Crippen LogP contribution < -0.4 is 9.47 Å². The van der Waals surface area contributed by atoms with Crippen LogP contribution in [0.2, 0.25) is 0 Å². The molecule has 0 unspecified atom stereocenters. The van der Waals surface area contributed by atoms with Crippen LogP contribution in [0.25, 0.3) is 6.08 Å². The second-order valence-corrected chi connectivity index (χ2v) is 6.26. The zero-order valence-corrected chi connectivity index (χ0v) is 16.1. The Hall–Kier alpha value is -4.00. The van der Waals surface area contributed by atoms with Gasteiger partial charge >= 0.3 is 0 Å². The predicted molar refractivity (Wildman–Crippen MR) is 110 cm³/mol. The fourth-order valence-electron chi connectivity index (χ4n) is 2.84. The molecule has 0 N–H and O–H groups in total. The molecule has 0 aliphatic rings. The number of benzene rings is 3. The lowest BCUT2D eigenvalue weighted by Gasteiger charge is -2.11. The molecule has 7 heteroatoms. The second kappa shape index (κ2) is 9.47. The second-order valence-electron chi connectivity index (χ2n) is 6.26. The van der Waals surface area contributed by atoms with Crippen LogP contribution in [0.15, 0.2) is 72.8 Å². The van der Waals surface area contributed by atoms with E-state index in [1.165, 1.54) is 43.5 Å². The zero-order chi connectivity index (χ0) is 21.5. The summed E-state index contributed by atoms with van der Waals surface area (Å²) in [6, 6.07) is 17.0. The van der Waals surface area contributed by atoms with E-state index < -0.39 is 16.5 Å². The average molecular weight is 407 g/mol. The van der Waals surface area contributed by atoms with Crippen molar-refractivity contribution in [3.8, 4) is 11.5 Å². The van der Waals surface area contributed by atoms with Gasteiger partial charge in [-0.2, -0.15) is 0 Å². The predicted octanol–water partition coefficient (Wildman–Crippen LogP) is 5.22. The van der Waals surface area contributed by atoms with Gasteiger partial charge in [-0.15, -0.1) is 0 Å². The third-order valence-electron chi connectivity index (χ3n) is 4.32. The largest absolute Gasteiger partial charge is 0.496 e. The Morgan fingerprint density at radius 3 is 2.53 bits per heavy atom. The summed E-state index contributed by atoms with van der Waals surface area (Å²) in [5.41, 5.74) is 1.08. The van der Waals surface area contributed by atoms with Crippen LogP contribution >= 0.6 is 0 Å². The lowest BCUT2D eigenvalue weighted by molar-refractivity contribution is -0.385. The van der Waals surface area contributed by atoms with Crippen molar-refractivity contribution < 1.29 is 23.6 Å². The van der Waals surface area contributed by atoms with Crippen LogP contribution in [0.5, 0.6) is 11.5 Å². The molecule has 0 heterocycles. The van der Waals surface area contributed by atoms with Gasteiger partial charge in [-0.25, -0.2) is 4.39 Å². The van der Waals surface area contributed by atoms with Gasteiger partial charge in [0.1, 0.15) is 12.4 Å². The first kappa shape index (κ1) is 20.7. The molecule has 6 nitrogen and oxygen atoms in total. The minimum absolute atomic E-state index is 0.00960. The van der Waals surface area contributed by atoms with E-state index in [4.69, 9.17) is 9.47 Å². The molecule has 152 valence electrons. The van der Waals surface area contributed by atoms with E-state index in [1.807, 2.05) is 0 Å². The number of hydrogen-bond donors (Lipinski definition) is 0. The van der Waals surface area contributed by atoms with Crippen LogP contribution in [0, 0.1) is 15.9 Å². The molecule has 0 bridgehead atoms. The van der Waals surface area contributed by atoms with Crippen molar-refractivity contribution in [1.29, 1.82) is 0 Å². The van der Waals surface area contributed by atoms with Gasteiger partial charge < -0.3 is 9.47 Å². The number of methoxy groups -OCH3 is 1. The molecule has 0 aliphatic heterocycles. The number of nitro benzene ring substituents is 1. The number of carbonyl (C=O) groups excluding carboxylic acids is 1. The Morgan fingerprint density at radius 1 is 1.07 bits per heavy atom. The molecule has 30 heavy (non-hydrogen) atoms. The van der Waals surface area contributed by atoms with Crippen molar-refractivity contribution in [2.24, 2.45) is 0 Å². The monoisotopic (exact) mass is 407 g/mol. The Kier molecular flexibility index (Phi) is 6.54. The van der Waals surface area contributed by atoms with Crippen molar-refractivity contribution in [3.63, 3.8) is 0 Å². The summed E-state index contributed by atoms with van der Waals surface area (Å²) >= 11 is 0. The molecule has 0 atom stereocenters. The lowest BCUT2D eigenvalue weighted by Crippen LogP contribution is -2.01. The van der Waals surface area contributed by atoms with Gasteiger partial charge in [0.15, 0.2) is 17.3 Å². The smallest absolute Gasteiger partial charge is 0.280 e. The first-order valence-corrected chi connectivity index (χ1v) is 8.99. The summed E-state index contributed by atoms with van der Waals surface area (Å²) in [5, 5.41) is 11.1. The molecule has 0 radical (unpaired) electrons. The average Bonchev–Trinajstić information content (AvgIpc) is 2.77. The van der Waals surface area contributed by atoms with E-state index in [1.54, 1.807) is 42.5 Å². The highest BCUT2D eigenvalue weighted by Gasteiger charge is 2.17. The molecule has 0 aromatic heterocycles. The van der Waals surface area contributed by atoms with Crippen molar-refractivity contribution in [3.05, 3.63) is 105 Å². The van der Waals surface area contributed by atoms with Crippen LogP contribution in [-0.4, -0.2) is 17.8 Å². The number of ketones is 1. The van der Waals surface area contributed by atoms with Gasteiger partial charge in [-0.3, -0.25) is 14.9 Å². The fraction of sp³-hybridized carbons (Fsp3) is 0.0870. The van der Waals surface area contributed by atoms with Crippen LogP contribution in [0.1, 0.15) is 21.5 Å². The highest BCUT2D eigenvalue weighted by molar-refractivity contribution is 6.09. The number of rotatable bonds is 8. The summed E-state index contributed by atoms with van der Waals surface area (Å²) in [6.45, 7) is 0.0594. The lowest BCUT2D eigenvalue weighted by atomic mass is 10.1. The normalized spacial score (nSPS) is 10.7. The third-order valence-corrected chi connectivity index (χ3v) is 4.32. The van der Waals surface area contributed by atoms with Gasteiger partial charge in [0.05, 0.1) is 17.6 Å². The maximum atomic E-state index is 13.8. The maximum Gasteiger partial charge on any atom is 0.280 e. The van der Waals surface area contributed by atoms with E-state index in [-0.39, 0.29) is 23.6 Å². The number of nitro groups is 1.